The SMILES string of the molecule is COCc1cccc(C(=O)NC(C)c2cnn(-c3ccc(F)cc3)c2C)c1. The summed E-state index contributed by atoms with van der Waals surface area (Å²) in [5.74, 6) is -0.450. The third kappa shape index (κ3) is 4.23. The number of hydrogen-bond acceptors (Lipinski definition) is 3. The molecule has 1 aromatic heterocycles. The summed E-state index contributed by atoms with van der Waals surface area (Å²) >= 11 is 0. The number of rotatable bonds is 6. The van der Waals surface area contributed by atoms with Crippen LogP contribution in [0, 0.1) is 12.7 Å². The molecule has 0 aliphatic carbocycles. The highest BCUT2D eigenvalue weighted by Crippen LogP contribution is 2.21. The quantitative estimate of drug-likeness (QED) is 0.718. The van der Waals surface area contributed by atoms with Crippen LogP contribution in [0.15, 0.2) is 54.7 Å². The number of nitrogens with one attached hydrogen (secondary N) is 1. The largest absolute Gasteiger partial charge is 0.380 e. The normalized spacial score (nSPS) is 12.0. The molecule has 0 saturated carbocycles. The van der Waals surface area contributed by atoms with Crippen LogP contribution >= 0.6 is 0 Å². The molecule has 27 heavy (non-hydrogen) atoms. The predicted molar refractivity (Wildman–Crippen MR) is 101 cm³/mol. The molecule has 6 heteroatoms. The molecular weight excluding hydrogens is 345 g/mol. The second-order valence-electron chi connectivity index (χ2n) is 6.40. The van der Waals surface area contributed by atoms with Gasteiger partial charge in [0.05, 0.1) is 24.5 Å². The van der Waals surface area contributed by atoms with E-state index in [0.717, 1.165) is 22.5 Å². The Morgan fingerprint density at radius 2 is 2.00 bits per heavy atom. The molecule has 0 saturated heterocycles. The van der Waals surface area contributed by atoms with E-state index in [9.17, 15) is 9.18 Å². The van der Waals surface area contributed by atoms with Crippen LogP contribution < -0.4 is 5.32 Å². The molecule has 3 aromatic rings. The van der Waals surface area contributed by atoms with Gasteiger partial charge in [0.25, 0.3) is 5.91 Å². The van der Waals surface area contributed by atoms with E-state index in [0.29, 0.717) is 12.2 Å². The van der Waals surface area contributed by atoms with Gasteiger partial charge in [-0.25, -0.2) is 9.07 Å². The summed E-state index contributed by atoms with van der Waals surface area (Å²) in [6.07, 6.45) is 1.73. The number of halogens is 1. The van der Waals surface area contributed by atoms with Crippen molar-refractivity contribution in [2.75, 3.05) is 7.11 Å². The van der Waals surface area contributed by atoms with Crippen LogP contribution in [0.2, 0.25) is 0 Å². The number of benzene rings is 2. The van der Waals surface area contributed by atoms with Crippen LogP contribution in [0.5, 0.6) is 0 Å². The van der Waals surface area contributed by atoms with E-state index >= 15 is 0 Å². The van der Waals surface area contributed by atoms with Gasteiger partial charge in [0.2, 0.25) is 0 Å². The Morgan fingerprint density at radius 1 is 1.26 bits per heavy atom. The lowest BCUT2D eigenvalue weighted by molar-refractivity contribution is 0.0939. The third-order valence-corrected chi connectivity index (χ3v) is 4.43. The fraction of sp³-hybridized carbons (Fsp3) is 0.238. The molecule has 3 rings (SSSR count). The summed E-state index contributed by atoms with van der Waals surface area (Å²) in [4.78, 5) is 12.6. The molecular formula is C21H22FN3O2. The van der Waals surface area contributed by atoms with Gasteiger partial charge in [-0.3, -0.25) is 4.79 Å². The van der Waals surface area contributed by atoms with Crippen molar-refractivity contribution < 1.29 is 13.9 Å². The van der Waals surface area contributed by atoms with Crippen molar-refractivity contribution in [3.05, 3.63) is 82.9 Å². The standard InChI is InChI=1S/C21H22FN3O2/c1-14(24-21(26)17-6-4-5-16(11-17)13-27-3)20-12-23-25(15(20)2)19-9-7-18(22)8-10-19/h4-12,14H,13H2,1-3H3,(H,24,26). The lowest BCUT2D eigenvalue weighted by atomic mass is 10.1. The molecule has 1 amide bonds. The summed E-state index contributed by atoms with van der Waals surface area (Å²) in [6, 6.07) is 13.3. The molecule has 140 valence electrons. The highest BCUT2D eigenvalue weighted by atomic mass is 19.1. The van der Waals surface area contributed by atoms with Crippen LogP contribution in [-0.2, 0) is 11.3 Å². The lowest BCUT2D eigenvalue weighted by Gasteiger charge is -2.15. The van der Waals surface area contributed by atoms with Crippen LogP contribution in [0.1, 0.15) is 40.1 Å². The van der Waals surface area contributed by atoms with Crippen molar-refractivity contribution in [2.45, 2.75) is 26.5 Å². The Morgan fingerprint density at radius 3 is 2.70 bits per heavy atom. The number of nitrogens with zero attached hydrogens (tertiary/aromatic N) is 2. The first kappa shape index (κ1) is 18.8. The van der Waals surface area contributed by atoms with E-state index in [1.54, 1.807) is 36.2 Å². The van der Waals surface area contributed by atoms with Crippen molar-refractivity contribution in [1.29, 1.82) is 0 Å². The smallest absolute Gasteiger partial charge is 0.251 e. The van der Waals surface area contributed by atoms with Crippen molar-refractivity contribution in [2.24, 2.45) is 0 Å². The minimum Gasteiger partial charge on any atom is -0.380 e. The Balaban J connectivity index is 1.76. The molecule has 1 atom stereocenters. The average Bonchev–Trinajstić information content (AvgIpc) is 3.04. The lowest BCUT2D eigenvalue weighted by Crippen LogP contribution is -2.27. The molecule has 0 aliphatic rings. The van der Waals surface area contributed by atoms with Gasteiger partial charge in [-0.2, -0.15) is 5.10 Å². The molecule has 2 aromatic carbocycles. The zero-order valence-electron chi connectivity index (χ0n) is 15.6. The topological polar surface area (TPSA) is 56.1 Å². The van der Waals surface area contributed by atoms with Gasteiger partial charge >= 0.3 is 0 Å². The van der Waals surface area contributed by atoms with Crippen LogP contribution in [0.3, 0.4) is 0 Å². The van der Waals surface area contributed by atoms with Gasteiger partial charge < -0.3 is 10.1 Å². The second-order valence-corrected chi connectivity index (χ2v) is 6.40. The summed E-state index contributed by atoms with van der Waals surface area (Å²) < 4.78 is 20.0. The number of methoxy groups -OCH3 is 1. The van der Waals surface area contributed by atoms with E-state index in [2.05, 4.69) is 10.4 Å². The van der Waals surface area contributed by atoms with Gasteiger partial charge in [-0.15, -0.1) is 0 Å². The second kappa shape index (κ2) is 8.14. The Hall–Kier alpha value is -2.99. The van der Waals surface area contributed by atoms with Gasteiger partial charge in [-0.05, 0) is 55.8 Å². The van der Waals surface area contributed by atoms with Crippen molar-refractivity contribution in [3.63, 3.8) is 0 Å². The zero-order chi connectivity index (χ0) is 19.4. The summed E-state index contributed by atoms with van der Waals surface area (Å²) in [6.45, 7) is 4.30. The molecule has 1 N–H and O–H groups in total. The van der Waals surface area contributed by atoms with Gasteiger partial charge in [0.15, 0.2) is 0 Å². The fourth-order valence-electron chi connectivity index (χ4n) is 3.02. The van der Waals surface area contributed by atoms with Crippen molar-refractivity contribution in [3.8, 4) is 5.69 Å². The molecule has 5 nitrogen and oxygen atoms in total. The number of aromatic nitrogens is 2. The van der Waals surface area contributed by atoms with E-state index in [-0.39, 0.29) is 17.8 Å². The van der Waals surface area contributed by atoms with Crippen LogP contribution in [0.25, 0.3) is 5.69 Å². The maximum atomic E-state index is 13.1. The minimum absolute atomic E-state index is 0.158. The van der Waals surface area contributed by atoms with Crippen LogP contribution in [0.4, 0.5) is 4.39 Å². The molecule has 0 radical (unpaired) electrons. The third-order valence-electron chi connectivity index (χ3n) is 4.43. The van der Waals surface area contributed by atoms with Crippen LogP contribution in [-0.4, -0.2) is 22.8 Å². The Bertz CT molecular complexity index is 935. The molecule has 0 spiro atoms. The van der Waals surface area contributed by atoms with Gasteiger partial charge in [0.1, 0.15) is 5.82 Å². The molecule has 1 heterocycles. The maximum Gasteiger partial charge on any atom is 0.251 e. The minimum atomic E-state index is -0.292. The first-order chi connectivity index (χ1) is 13.0. The molecule has 0 fully saturated rings. The highest BCUT2D eigenvalue weighted by Gasteiger charge is 2.17. The number of amides is 1. The maximum absolute atomic E-state index is 13.1. The van der Waals surface area contributed by atoms with Crippen molar-refractivity contribution in [1.82, 2.24) is 15.1 Å². The van der Waals surface area contributed by atoms with Gasteiger partial charge in [-0.1, -0.05) is 12.1 Å². The predicted octanol–water partition coefficient (Wildman–Crippen LogP) is 3.96. The molecule has 0 aliphatic heterocycles. The number of hydrogen-bond donors (Lipinski definition) is 1. The average molecular weight is 367 g/mol. The molecule has 1 unspecified atom stereocenters. The monoisotopic (exact) mass is 367 g/mol. The summed E-state index contributed by atoms with van der Waals surface area (Å²) in [5, 5.41) is 7.39. The first-order valence-electron chi connectivity index (χ1n) is 8.69. The fourth-order valence-corrected chi connectivity index (χ4v) is 3.02. The number of carbonyl (C=O) groups excluding carboxylic acids is 1. The van der Waals surface area contributed by atoms with E-state index in [4.69, 9.17) is 4.74 Å². The Kier molecular flexibility index (Phi) is 5.66. The number of ether oxygens (including phenoxy) is 1. The van der Waals surface area contributed by atoms with E-state index in [1.807, 2.05) is 32.0 Å². The summed E-state index contributed by atoms with van der Waals surface area (Å²) in [5.41, 5.74) is 4.09. The van der Waals surface area contributed by atoms with Crippen molar-refractivity contribution >= 4 is 5.91 Å². The van der Waals surface area contributed by atoms with E-state index < -0.39 is 0 Å². The molecule has 0 bridgehead atoms. The first-order valence-corrected chi connectivity index (χ1v) is 8.69. The van der Waals surface area contributed by atoms with Gasteiger partial charge in [0, 0.05) is 23.9 Å². The highest BCUT2D eigenvalue weighted by molar-refractivity contribution is 5.94. The zero-order valence-corrected chi connectivity index (χ0v) is 15.6. The Labute approximate surface area is 157 Å². The summed E-state index contributed by atoms with van der Waals surface area (Å²) in [7, 11) is 1.62. The number of carbonyl (C=O) groups is 1. The van der Waals surface area contributed by atoms with E-state index in [1.165, 1.54) is 12.1 Å².